The van der Waals surface area contributed by atoms with E-state index in [0.717, 1.165) is 14.9 Å². The van der Waals surface area contributed by atoms with E-state index in [1.807, 2.05) is 26.0 Å². The minimum Gasteiger partial charge on any atom is -0.459 e. The fourth-order valence-corrected chi connectivity index (χ4v) is 3.62. The largest absolute Gasteiger partial charge is 0.459 e. The van der Waals surface area contributed by atoms with Crippen LogP contribution in [-0.4, -0.2) is 11.7 Å². The number of benzene rings is 1. The second-order valence-corrected chi connectivity index (χ2v) is 7.40. The third-order valence-corrected chi connectivity index (χ3v) is 5.34. The average molecular weight is 404 g/mol. The summed E-state index contributed by atoms with van der Waals surface area (Å²) < 4.78 is 6.01. The Morgan fingerprint density at radius 3 is 2.46 bits per heavy atom. The molecule has 0 radical (unpaired) electrons. The number of aryl methyl sites for hydroxylation is 1. The highest BCUT2D eigenvalue weighted by molar-refractivity contribution is 9.10. The SMILES string of the molecule is Cc1sc(NC(=O)c2ccco2)c(C(=O)c2ccc(Br)cc2)c1C. The molecule has 2 heterocycles. The van der Waals surface area contributed by atoms with Crippen molar-refractivity contribution in [3.05, 3.63) is 74.5 Å². The van der Waals surface area contributed by atoms with Crippen LogP contribution in [0.4, 0.5) is 5.00 Å². The van der Waals surface area contributed by atoms with E-state index in [9.17, 15) is 9.59 Å². The number of carbonyl (C=O) groups excluding carboxylic acids is 2. The standard InChI is InChI=1S/C18H14BrNO3S/c1-10-11(2)24-18(20-17(22)14-4-3-9-23-14)15(10)16(21)12-5-7-13(19)8-6-12/h3-9H,1-2H3,(H,20,22). The number of ketones is 1. The van der Waals surface area contributed by atoms with Crippen molar-refractivity contribution in [2.45, 2.75) is 13.8 Å². The van der Waals surface area contributed by atoms with Gasteiger partial charge in [-0.3, -0.25) is 9.59 Å². The number of thiophene rings is 1. The molecule has 4 nitrogen and oxygen atoms in total. The summed E-state index contributed by atoms with van der Waals surface area (Å²) in [5.74, 6) is -0.272. The number of furan rings is 1. The van der Waals surface area contributed by atoms with Gasteiger partial charge < -0.3 is 9.73 Å². The summed E-state index contributed by atoms with van der Waals surface area (Å²) in [6.07, 6.45) is 1.44. The maximum atomic E-state index is 12.9. The van der Waals surface area contributed by atoms with Crippen LogP contribution in [0.3, 0.4) is 0 Å². The maximum Gasteiger partial charge on any atom is 0.291 e. The van der Waals surface area contributed by atoms with Crippen LogP contribution in [0.2, 0.25) is 0 Å². The predicted molar refractivity (Wildman–Crippen MR) is 98.0 cm³/mol. The van der Waals surface area contributed by atoms with E-state index in [1.54, 1.807) is 24.3 Å². The van der Waals surface area contributed by atoms with Crippen LogP contribution in [0.5, 0.6) is 0 Å². The second-order valence-electron chi connectivity index (χ2n) is 5.25. The topological polar surface area (TPSA) is 59.3 Å². The molecule has 122 valence electrons. The van der Waals surface area contributed by atoms with Crippen LogP contribution < -0.4 is 5.32 Å². The van der Waals surface area contributed by atoms with E-state index in [0.29, 0.717) is 16.1 Å². The predicted octanol–water partition coefficient (Wildman–Crippen LogP) is 5.20. The summed E-state index contributed by atoms with van der Waals surface area (Å²) in [5.41, 5.74) is 1.98. The molecule has 0 spiro atoms. The van der Waals surface area contributed by atoms with Crippen LogP contribution in [0, 0.1) is 13.8 Å². The molecule has 6 heteroatoms. The first-order chi connectivity index (χ1) is 11.5. The molecule has 1 amide bonds. The lowest BCUT2D eigenvalue weighted by Crippen LogP contribution is -2.13. The quantitative estimate of drug-likeness (QED) is 0.608. The first-order valence-electron chi connectivity index (χ1n) is 7.22. The van der Waals surface area contributed by atoms with Crippen molar-refractivity contribution in [1.82, 2.24) is 0 Å². The van der Waals surface area contributed by atoms with Gasteiger partial charge in [-0.1, -0.05) is 15.9 Å². The highest BCUT2D eigenvalue weighted by Gasteiger charge is 2.23. The van der Waals surface area contributed by atoms with Gasteiger partial charge in [-0.15, -0.1) is 11.3 Å². The molecule has 0 fully saturated rings. The van der Waals surface area contributed by atoms with Gasteiger partial charge in [0.15, 0.2) is 11.5 Å². The molecule has 0 aliphatic rings. The van der Waals surface area contributed by atoms with Gasteiger partial charge in [0.2, 0.25) is 0 Å². The monoisotopic (exact) mass is 403 g/mol. The lowest BCUT2D eigenvalue weighted by molar-refractivity contribution is 0.0997. The van der Waals surface area contributed by atoms with E-state index in [4.69, 9.17) is 4.42 Å². The van der Waals surface area contributed by atoms with Gasteiger partial charge in [0, 0.05) is 14.9 Å². The Bertz CT molecular complexity index is 895. The molecule has 3 aromatic rings. The Hall–Kier alpha value is -2.18. The van der Waals surface area contributed by atoms with Crippen molar-refractivity contribution in [2.24, 2.45) is 0 Å². The first-order valence-corrected chi connectivity index (χ1v) is 8.83. The van der Waals surface area contributed by atoms with Crippen LogP contribution in [0.15, 0.2) is 51.6 Å². The second kappa shape index (κ2) is 6.75. The molecular formula is C18H14BrNO3S. The van der Waals surface area contributed by atoms with Gasteiger partial charge >= 0.3 is 0 Å². The number of hydrogen-bond donors (Lipinski definition) is 1. The summed E-state index contributed by atoms with van der Waals surface area (Å²) in [6.45, 7) is 3.82. The van der Waals surface area contributed by atoms with Crippen molar-refractivity contribution in [3.63, 3.8) is 0 Å². The summed E-state index contributed by atoms with van der Waals surface area (Å²) >= 11 is 4.75. The third kappa shape index (κ3) is 3.20. The van der Waals surface area contributed by atoms with Gasteiger partial charge in [-0.05, 0) is 55.8 Å². The van der Waals surface area contributed by atoms with Crippen molar-refractivity contribution < 1.29 is 14.0 Å². The number of anilines is 1. The summed E-state index contributed by atoms with van der Waals surface area (Å²) in [7, 11) is 0. The molecule has 0 bridgehead atoms. The lowest BCUT2D eigenvalue weighted by atomic mass is 10.0. The Morgan fingerprint density at radius 1 is 1.12 bits per heavy atom. The number of amides is 1. The van der Waals surface area contributed by atoms with Crippen LogP contribution in [0.1, 0.15) is 36.9 Å². The van der Waals surface area contributed by atoms with Gasteiger partial charge in [0.25, 0.3) is 5.91 Å². The number of carbonyl (C=O) groups is 2. The highest BCUT2D eigenvalue weighted by Crippen LogP contribution is 2.34. The Kier molecular flexibility index (Phi) is 4.69. The molecule has 0 saturated heterocycles. The van der Waals surface area contributed by atoms with E-state index < -0.39 is 0 Å². The van der Waals surface area contributed by atoms with Gasteiger partial charge in [0.05, 0.1) is 11.8 Å². The number of rotatable bonds is 4. The van der Waals surface area contributed by atoms with E-state index in [-0.39, 0.29) is 17.5 Å². The molecule has 0 saturated carbocycles. The Labute approximate surface area is 151 Å². The van der Waals surface area contributed by atoms with Crippen molar-refractivity contribution in [3.8, 4) is 0 Å². The fourth-order valence-electron chi connectivity index (χ4n) is 2.31. The third-order valence-electron chi connectivity index (χ3n) is 3.69. The number of halogens is 1. The molecule has 0 atom stereocenters. The van der Waals surface area contributed by atoms with Crippen LogP contribution >= 0.6 is 27.3 Å². The van der Waals surface area contributed by atoms with E-state index in [1.165, 1.54) is 17.6 Å². The maximum absolute atomic E-state index is 12.9. The highest BCUT2D eigenvalue weighted by atomic mass is 79.9. The number of nitrogens with one attached hydrogen (secondary N) is 1. The molecule has 0 unspecified atom stereocenters. The average Bonchev–Trinajstić information content (AvgIpc) is 3.17. The van der Waals surface area contributed by atoms with Gasteiger partial charge in [-0.2, -0.15) is 0 Å². The normalized spacial score (nSPS) is 10.6. The van der Waals surface area contributed by atoms with Gasteiger partial charge in [0.1, 0.15) is 5.00 Å². The Balaban J connectivity index is 1.97. The molecule has 2 aromatic heterocycles. The van der Waals surface area contributed by atoms with Crippen LogP contribution in [0.25, 0.3) is 0 Å². The zero-order valence-electron chi connectivity index (χ0n) is 13.1. The molecule has 3 rings (SSSR count). The van der Waals surface area contributed by atoms with E-state index in [2.05, 4.69) is 21.2 Å². The summed E-state index contributed by atoms with van der Waals surface area (Å²) in [6, 6.07) is 10.4. The van der Waals surface area contributed by atoms with Gasteiger partial charge in [-0.25, -0.2) is 0 Å². The fraction of sp³-hybridized carbons (Fsp3) is 0.111. The first kappa shape index (κ1) is 16.7. The zero-order valence-corrected chi connectivity index (χ0v) is 15.5. The molecular weight excluding hydrogens is 390 g/mol. The lowest BCUT2D eigenvalue weighted by Gasteiger charge is -2.06. The molecule has 1 N–H and O–H groups in total. The molecule has 0 aliphatic carbocycles. The molecule has 24 heavy (non-hydrogen) atoms. The zero-order chi connectivity index (χ0) is 17.3. The minimum absolute atomic E-state index is 0.112. The summed E-state index contributed by atoms with van der Waals surface area (Å²) in [5, 5.41) is 3.33. The smallest absolute Gasteiger partial charge is 0.291 e. The summed E-state index contributed by atoms with van der Waals surface area (Å²) in [4.78, 5) is 26.1. The number of hydrogen-bond acceptors (Lipinski definition) is 4. The minimum atomic E-state index is -0.369. The Morgan fingerprint density at radius 2 is 1.83 bits per heavy atom. The molecule has 0 aliphatic heterocycles. The van der Waals surface area contributed by atoms with Crippen molar-refractivity contribution >= 4 is 44.0 Å². The van der Waals surface area contributed by atoms with Crippen molar-refractivity contribution in [1.29, 1.82) is 0 Å². The van der Waals surface area contributed by atoms with E-state index >= 15 is 0 Å². The molecule has 1 aromatic carbocycles. The van der Waals surface area contributed by atoms with Crippen LogP contribution in [-0.2, 0) is 0 Å². The van der Waals surface area contributed by atoms with Crippen molar-refractivity contribution in [2.75, 3.05) is 5.32 Å².